The van der Waals surface area contributed by atoms with E-state index in [1.54, 1.807) is 0 Å². The number of nitrogens with one attached hydrogen (secondary N) is 1. The molecule has 0 spiro atoms. The third-order valence-electron chi connectivity index (χ3n) is 2.99. The number of piperazine rings is 1. The fourth-order valence-corrected chi connectivity index (χ4v) is 2.23. The first-order chi connectivity index (χ1) is 8.58. The van der Waals surface area contributed by atoms with E-state index >= 15 is 0 Å². The molecule has 3 N–H and O–H groups in total. The molecule has 1 unspecified atom stereocenters. The molecule has 18 heavy (non-hydrogen) atoms. The number of halogens is 2. The van der Waals surface area contributed by atoms with Gasteiger partial charge in [-0.3, -0.25) is 9.69 Å². The van der Waals surface area contributed by atoms with Crippen LogP contribution in [0.5, 0.6) is 0 Å². The van der Waals surface area contributed by atoms with Gasteiger partial charge in [0.05, 0.1) is 0 Å². The Labute approximate surface area is 104 Å². The number of rotatable bonds is 3. The van der Waals surface area contributed by atoms with Gasteiger partial charge in [0.15, 0.2) is 0 Å². The standard InChI is InChI=1S/C12H15F2N3O/c13-9-5-8(6-10(14)7-9)11(12(15)18)17-3-1-16-2-4-17/h5-7,11,16H,1-4H2,(H2,15,18). The van der Waals surface area contributed by atoms with E-state index < -0.39 is 23.6 Å². The molecule has 0 bridgehead atoms. The Morgan fingerprint density at radius 3 is 2.28 bits per heavy atom. The molecule has 0 aromatic heterocycles. The molecule has 0 radical (unpaired) electrons. The third-order valence-corrected chi connectivity index (χ3v) is 2.99. The number of primary amides is 1. The fourth-order valence-electron chi connectivity index (χ4n) is 2.23. The molecule has 1 aromatic carbocycles. The zero-order chi connectivity index (χ0) is 13.1. The van der Waals surface area contributed by atoms with Gasteiger partial charge >= 0.3 is 0 Å². The smallest absolute Gasteiger partial charge is 0.239 e. The van der Waals surface area contributed by atoms with Crippen molar-refractivity contribution >= 4 is 5.91 Å². The van der Waals surface area contributed by atoms with Crippen LogP contribution in [0.3, 0.4) is 0 Å². The van der Waals surface area contributed by atoms with E-state index in [-0.39, 0.29) is 5.56 Å². The van der Waals surface area contributed by atoms with Crippen molar-refractivity contribution in [3.05, 3.63) is 35.4 Å². The van der Waals surface area contributed by atoms with E-state index in [2.05, 4.69) is 5.32 Å². The fraction of sp³-hybridized carbons (Fsp3) is 0.417. The molecule has 1 fully saturated rings. The summed E-state index contributed by atoms with van der Waals surface area (Å²) >= 11 is 0. The molecule has 1 amide bonds. The van der Waals surface area contributed by atoms with Gasteiger partial charge in [-0.25, -0.2) is 8.78 Å². The van der Waals surface area contributed by atoms with Crippen molar-refractivity contribution in [1.29, 1.82) is 0 Å². The zero-order valence-electron chi connectivity index (χ0n) is 9.83. The van der Waals surface area contributed by atoms with Gasteiger partial charge in [-0.15, -0.1) is 0 Å². The summed E-state index contributed by atoms with van der Waals surface area (Å²) in [4.78, 5) is 13.4. The molecule has 4 nitrogen and oxygen atoms in total. The zero-order valence-corrected chi connectivity index (χ0v) is 9.83. The molecule has 0 aliphatic carbocycles. The van der Waals surface area contributed by atoms with Crippen LogP contribution in [0, 0.1) is 11.6 Å². The predicted octanol–water partition coefficient (Wildman–Crippen LogP) is 0.396. The van der Waals surface area contributed by atoms with Gasteiger partial charge < -0.3 is 11.1 Å². The SMILES string of the molecule is NC(=O)C(c1cc(F)cc(F)c1)N1CCNCC1. The van der Waals surface area contributed by atoms with Crippen LogP contribution in [0.15, 0.2) is 18.2 Å². The van der Waals surface area contributed by atoms with Crippen molar-refractivity contribution in [2.75, 3.05) is 26.2 Å². The van der Waals surface area contributed by atoms with Crippen molar-refractivity contribution in [1.82, 2.24) is 10.2 Å². The van der Waals surface area contributed by atoms with Crippen LogP contribution >= 0.6 is 0 Å². The molecule has 1 saturated heterocycles. The van der Waals surface area contributed by atoms with Gasteiger partial charge in [0, 0.05) is 32.2 Å². The Kier molecular flexibility index (Phi) is 3.88. The largest absolute Gasteiger partial charge is 0.368 e. The quantitative estimate of drug-likeness (QED) is 0.821. The van der Waals surface area contributed by atoms with Crippen LogP contribution in [0.4, 0.5) is 8.78 Å². The van der Waals surface area contributed by atoms with Crippen LogP contribution in [0.1, 0.15) is 11.6 Å². The lowest BCUT2D eigenvalue weighted by atomic mass is 10.0. The molecule has 1 aliphatic heterocycles. The van der Waals surface area contributed by atoms with Gasteiger partial charge in [-0.2, -0.15) is 0 Å². The average Bonchev–Trinajstić information content (AvgIpc) is 2.28. The summed E-state index contributed by atoms with van der Waals surface area (Å²) in [6, 6.07) is 2.30. The summed E-state index contributed by atoms with van der Waals surface area (Å²) < 4.78 is 26.4. The highest BCUT2D eigenvalue weighted by Crippen LogP contribution is 2.22. The number of nitrogens with two attached hydrogens (primary N) is 1. The predicted molar refractivity (Wildman–Crippen MR) is 62.7 cm³/mol. The molecule has 2 rings (SSSR count). The maximum Gasteiger partial charge on any atom is 0.239 e. The van der Waals surface area contributed by atoms with E-state index in [1.165, 1.54) is 0 Å². The minimum absolute atomic E-state index is 0.266. The van der Waals surface area contributed by atoms with Crippen LogP contribution in [-0.4, -0.2) is 37.0 Å². The molecule has 1 aromatic rings. The summed E-state index contributed by atoms with van der Waals surface area (Å²) in [5.74, 6) is -2.00. The topological polar surface area (TPSA) is 58.4 Å². The van der Waals surface area contributed by atoms with Crippen LogP contribution in [0.2, 0.25) is 0 Å². The Morgan fingerprint density at radius 1 is 1.22 bits per heavy atom. The number of amides is 1. The summed E-state index contributed by atoms with van der Waals surface area (Å²) in [7, 11) is 0. The Balaban J connectivity index is 2.31. The van der Waals surface area contributed by atoms with E-state index in [4.69, 9.17) is 5.73 Å². The second kappa shape index (κ2) is 5.41. The van der Waals surface area contributed by atoms with E-state index in [9.17, 15) is 13.6 Å². The van der Waals surface area contributed by atoms with Crippen molar-refractivity contribution in [3.8, 4) is 0 Å². The summed E-state index contributed by atoms with van der Waals surface area (Å²) in [6.45, 7) is 2.68. The van der Waals surface area contributed by atoms with Crippen LogP contribution in [0.25, 0.3) is 0 Å². The number of benzene rings is 1. The summed E-state index contributed by atoms with van der Waals surface area (Å²) in [5.41, 5.74) is 5.62. The number of hydrogen-bond acceptors (Lipinski definition) is 3. The second-order valence-corrected chi connectivity index (χ2v) is 4.29. The minimum atomic E-state index is -0.780. The normalized spacial score (nSPS) is 18.6. The highest BCUT2D eigenvalue weighted by atomic mass is 19.1. The van der Waals surface area contributed by atoms with Gasteiger partial charge in [0.25, 0.3) is 0 Å². The van der Waals surface area contributed by atoms with E-state index in [0.717, 1.165) is 31.3 Å². The number of carbonyl (C=O) groups is 1. The van der Waals surface area contributed by atoms with E-state index in [1.807, 2.05) is 4.90 Å². The molecular weight excluding hydrogens is 240 g/mol. The molecule has 1 heterocycles. The minimum Gasteiger partial charge on any atom is -0.368 e. The molecule has 1 aliphatic rings. The second-order valence-electron chi connectivity index (χ2n) is 4.29. The monoisotopic (exact) mass is 255 g/mol. The summed E-state index contributed by atoms with van der Waals surface area (Å²) in [5, 5.41) is 3.14. The first kappa shape index (κ1) is 12.9. The Hall–Kier alpha value is -1.53. The van der Waals surface area contributed by atoms with Gasteiger partial charge in [-0.1, -0.05) is 0 Å². The first-order valence-corrected chi connectivity index (χ1v) is 5.78. The Morgan fingerprint density at radius 2 is 1.78 bits per heavy atom. The van der Waals surface area contributed by atoms with Gasteiger partial charge in [-0.05, 0) is 17.7 Å². The van der Waals surface area contributed by atoms with Crippen molar-refractivity contribution in [2.45, 2.75) is 6.04 Å². The lowest BCUT2D eigenvalue weighted by molar-refractivity contribution is -0.123. The molecular formula is C12H15F2N3O. The third kappa shape index (κ3) is 2.83. The lowest BCUT2D eigenvalue weighted by Gasteiger charge is -2.33. The molecule has 1 atom stereocenters. The van der Waals surface area contributed by atoms with Crippen molar-refractivity contribution in [2.24, 2.45) is 5.73 Å². The molecule has 98 valence electrons. The van der Waals surface area contributed by atoms with Gasteiger partial charge in [0.2, 0.25) is 5.91 Å². The maximum absolute atomic E-state index is 13.2. The maximum atomic E-state index is 13.2. The van der Waals surface area contributed by atoms with Gasteiger partial charge in [0.1, 0.15) is 17.7 Å². The summed E-state index contributed by atoms with van der Waals surface area (Å²) in [6.07, 6.45) is 0. The number of nitrogens with zero attached hydrogens (tertiary/aromatic N) is 1. The highest BCUT2D eigenvalue weighted by molar-refractivity contribution is 5.81. The highest BCUT2D eigenvalue weighted by Gasteiger charge is 2.27. The van der Waals surface area contributed by atoms with Crippen molar-refractivity contribution < 1.29 is 13.6 Å². The molecule has 0 saturated carbocycles. The molecule has 6 heteroatoms. The van der Waals surface area contributed by atoms with Crippen LogP contribution < -0.4 is 11.1 Å². The first-order valence-electron chi connectivity index (χ1n) is 5.78. The lowest BCUT2D eigenvalue weighted by Crippen LogP contribution is -2.48. The average molecular weight is 255 g/mol. The Bertz CT molecular complexity index is 427. The van der Waals surface area contributed by atoms with E-state index in [0.29, 0.717) is 13.1 Å². The van der Waals surface area contributed by atoms with Crippen molar-refractivity contribution in [3.63, 3.8) is 0 Å². The van der Waals surface area contributed by atoms with Crippen LogP contribution in [-0.2, 0) is 4.79 Å². The number of hydrogen-bond donors (Lipinski definition) is 2. The number of carbonyl (C=O) groups excluding carboxylic acids is 1.